The normalized spacial score (nSPS) is 11.3. The van der Waals surface area contributed by atoms with Gasteiger partial charge < -0.3 is 5.32 Å². The van der Waals surface area contributed by atoms with Crippen molar-refractivity contribution in [3.05, 3.63) is 78.6 Å². The number of hydrogen-bond acceptors (Lipinski definition) is 5. The highest BCUT2D eigenvalue weighted by atomic mass is 15.3. The molecule has 4 heterocycles. The zero-order valence-corrected chi connectivity index (χ0v) is 14.7. The highest BCUT2D eigenvalue weighted by molar-refractivity contribution is 5.91. The molecular formula is C20H17N7. The van der Waals surface area contributed by atoms with Crippen LogP contribution in [-0.2, 0) is 6.54 Å². The van der Waals surface area contributed by atoms with Gasteiger partial charge in [0.1, 0.15) is 18.0 Å². The molecule has 0 aliphatic heterocycles. The van der Waals surface area contributed by atoms with E-state index >= 15 is 0 Å². The topological polar surface area (TPSA) is 72.9 Å². The van der Waals surface area contributed by atoms with Gasteiger partial charge in [-0.3, -0.25) is 4.57 Å². The predicted molar refractivity (Wildman–Crippen MR) is 104 cm³/mol. The van der Waals surface area contributed by atoms with Crippen molar-refractivity contribution in [2.24, 2.45) is 0 Å². The fourth-order valence-electron chi connectivity index (χ4n) is 3.17. The van der Waals surface area contributed by atoms with Gasteiger partial charge in [-0.1, -0.05) is 18.2 Å². The van der Waals surface area contributed by atoms with Gasteiger partial charge in [0.2, 0.25) is 0 Å². The molecule has 0 bridgehead atoms. The number of aryl methyl sites for hydroxylation is 1. The summed E-state index contributed by atoms with van der Waals surface area (Å²) in [5.41, 5.74) is 3.90. The number of benzene rings is 1. The molecule has 0 amide bonds. The Balaban J connectivity index is 1.45. The highest BCUT2D eigenvalue weighted by Crippen LogP contribution is 2.23. The Morgan fingerprint density at radius 3 is 2.85 bits per heavy atom. The molecule has 1 N–H and O–H groups in total. The summed E-state index contributed by atoms with van der Waals surface area (Å²) in [6.45, 7) is 2.61. The third kappa shape index (κ3) is 2.79. The molecule has 4 aromatic heterocycles. The number of rotatable bonds is 4. The fourth-order valence-corrected chi connectivity index (χ4v) is 3.17. The van der Waals surface area contributed by atoms with Crippen LogP contribution in [-0.4, -0.2) is 29.1 Å². The van der Waals surface area contributed by atoms with E-state index < -0.39 is 0 Å². The van der Waals surface area contributed by atoms with Crippen molar-refractivity contribution in [3.63, 3.8) is 0 Å². The molecule has 0 spiro atoms. The lowest BCUT2D eigenvalue weighted by Gasteiger charge is -2.10. The molecule has 0 aliphatic rings. The van der Waals surface area contributed by atoms with Crippen LogP contribution in [0.5, 0.6) is 0 Å². The van der Waals surface area contributed by atoms with Crippen molar-refractivity contribution in [1.82, 2.24) is 29.1 Å². The Kier molecular flexibility index (Phi) is 3.57. The van der Waals surface area contributed by atoms with Crippen LogP contribution in [0.3, 0.4) is 0 Å². The maximum Gasteiger partial charge on any atom is 0.158 e. The van der Waals surface area contributed by atoms with E-state index in [2.05, 4.69) is 38.6 Å². The number of nitrogens with one attached hydrogen (secondary N) is 1. The first-order chi connectivity index (χ1) is 13.3. The number of imidazole rings is 1. The monoisotopic (exact) mass is 355 g/mol. The minimum absolute atomic E-state index is 0.636. The summed E-state index contributed by atoms with van der Waals surface area (Å²) in [6.07, 6.45) is 7.21. The number of para-hydroxylation sites is 1. The van der Waals surface area contributed by atoms with Crippen LogP contribution >= 0.6 is 0 Å². The number of aromatic nitrogens is 6. The summed E-state index contributed by atoms with van der Waals surface area (Å²) in [5.74, 6) is 1.69. The fraction of sp³-hybridized carbons (Fsp3) is 0.100. The quantitative estimate of drug-likeness (QED) is 0.535. The van der Waals surface area contributed by atoms with E-state index in [1.165, 1.54) is 0 Å². The summed E-state index contributed by atoms with van der Waals surface area (Å²) in [4.78, 5) is 13.3. The Hall–Kier alpha value is -3.74. The van der Waals surface area contributed by atoms with Gasteiger partial charge in [-0.2, -0.15) is 5.10 Å². The maximum atomic E-state index is 4.75. The lowest BCUT2D eigenvalue weighted by atomic mass is 10.2. The molecule has 0 unspecified atom stereocenters. The van der Waals surface area contributed by atoms with Gasteiger partial charge in [-0.15, -0.1) is 0 Å². The van der Waals surface area contributed by atoms with Gasteiger partial charge in [-0.05, 0) is 30.7 Å². The third-order valence-corrected chi connectivity index (χ3v) is 4.46. The molecule has 0 fully saturated rings. The van der Waals surface area contributed by atoms with E-state index in [9.17, 15) is 0 Å². The molecule has 27 heavy (non-hydrogen) atoms. The molecule has 5 rings (SSSR count). The molecule has 0 saturated carbocycles. The smallest absolute Gasteiger partial charge is 0.158 e. The number of pyridine rings is 1. The molecule has 0 saturated heterocycles. The molecule has 7 heteroatoms. The van der Waals surface area contributed by atoms with E-state index in [-0.39, 0.29) is 0 Å². The van der Waals surface area contributed by atoms with Gasteiger partial charge in [0, 0.05) is 36.6 Å². The Morgan fingerprint density at radius 2 is 2.04 bits per heavy atom. The first-order valence-corrected chi connectivity index (χ1v) is 8.70. The van der Waals surface area contributed by atoms with E-state index in [1.54, 1.807) is 12.5 Å². The van der Waals surface area contributed by atoms with Gasteiger partial charge >= 0.3 is 0 Å². The Labute approximate surface area is 155 Å². The van der Waals surface area contributed by atoms with Crippen LogP contribution in [0.15, 0.2) is 67.4 Å². The van der Waals surface area contributed by atoms with Crippen LogP contribution in [0.4, 0.5) is 5.82 Å². The molecule has 0 atom stereocenters. The highest BCUT2D eigenvalue weighted by Gasteiger charge is 2.10. The van der Waals surface area contributed by atoms with Gasteiger partial charge in [-0.25, -0.2) is 19.5 Å². The minimum atomic E-state index is 0.636. The van der Waals surface area contributed by atoms with E-state index in [0.717, 1.165) is 39.4 Å². The zero-order chi connectivity index (χ0) is 18.2. The molecule has 132 valence electrons. The molecule has 7 nitrogen and oxygen atoms in total. The standard InChI is InChI=1S/C20H17N7/c1-14-10-19-24-20(16-4-2-3-5-17(16)27(19)25-14)23-12-15-6-7-18(22-11-15)26-9-8-21-13-26/h2-11,13H,12H2,1H3,(H,23,24). The molecule has 0 radical (unpaired) electrons. The molecule has 5 aromatic rings. The van der Waals surface area contributed by atoms with Crippen LogP contribution in [0, 0.1) is 6.92 Å². The number of fused-ring (bicyclic) bond motifs is 3. The van der Waals surface area contributed by atoms with Crippen molar-refractivity contribution in [1.29, 1.82) is 0 Å². The zero-order valence-electron chi connectivity index (χ0n) is 14.7. The van der Waals surface area contributed by atoms with Crippen molar-refractivity contribution in [3.8, 4) is 5.82 Å². The van der Waals surface area contributed by atoms with E-state index in [1.807, 2.05) is 52.7 Å². The summed E-state index contributed by atoms with van der Waals surface area (Å²) < 4.78 is 3.76. The van der Waals surface area contributed by atoms with Crippen molar-refractivity contribution in [2.75, 3.05) is 5.32 Å². The van der Waals surface area contributed by atoms with E-state index in [4.69, 9.17) is 4.98 Å². The summed E-state index contributed by atoms with van der Waals surface area (Å²) >= 11 is 0. The largest absolute Gasteiger partial charge is 0.365 e. The Morgan fingerprint density at radius 1 is 1.11 bits per heavy atom. The summed E-state index contributed by atoms with van der Waals surface area (Å²) in [5, 5.41) is 9.03. The summed E-state index contributed by atoms with van der Waals surface area (Å²) in [7, 11) is 0. The number of anilines is 1. The van der Waals surface area contributed by atoms with Crippen molar-refractivity contribution >= 4 is 22.4 Å². The van der Waals surface area contributed by atoms with Crippen LogP contribution in [0.2, 0.25) is 0 Å². The van der Waals surface area contributed by atoms with Crippen molar-refractivity contribution in [2.45, 2.75) is 13.5 Å². The van der Waals surface area contributed by atoms with Crippen LogP contribution < -0.4 is 5.32 Å². The average molecular weight is 355 g/mol. The minimum Gasteiger partial charge on any atom is -0.365 e. The summed E-state index contributed by atoms with van der Waals surface area (Å²) in [6, 6.07) is 14.2. The Bertz CT molecular complexity index is 1220. The van der Waals surface area contributed by atoms with Gasteiger partial charge in [0.05, 0.1) is 11.2 Å². The first kappa shape index (κ1) is 15.5. The second-order valence-electron chi connectivity index (χ2n) is 6.38. The maximum absolute atomic E-state index is 4.75. The molecular weight excluding hydrogens is 338 g/mol. The first-order valence-electron chi connectivity index (χ1n) is 8.70. The van der Waals surface area contributed by atoms with Gasteiger partial charge in [0.15, 0.2) is 5.65 Å². The SMILES string of the molecule is Cc1cc2nc(NCc3ccc(-n4ccnc4)nc3)c3ccccc3n2n1. The van der Waals surface area contributed by atoms with Crippen molar-refractivity contribution < 1.29 is 0 Å². The second-order valence-corrected chi connectivity index (χ2v) is 6.38. The van der Waals surface area contributed by atoms with Crippen LogP contribution in [0.1, 0.15) is 11.3 Å². The number of nitrogens with zero attached hydrogens (tertiary/aromatic N) is 6. The van der Waals surface area contributed by atoms with E-state index in [0.29, 0.717) is 6.54 Å². The molecule has 1 aromatic carbocycles. The predicted octanol–water partition coefficient (Wildman–Crippen LogP) is 3.38. The van der Waals surface area contributed by atoms with Crippen LogP contribution in [0.25, 0.3) is 22.4 Å². The molecule has 0 aliphatic carbocycles. The lowest BCUT2D eigenvalue weighted by molar-refractivity contribution is 0.952. The average Bonchev–Trinajstić information content (AvgIpc) is 3.36. The van der Waals surface area contributed by atoms with Gasteiger partial charge in [0.25, 0.3) is 0 Å². The lowest BCUT2D eigenvalue weighted by Crippen LogP contribution is -2.05. The number of hydrogen-bond donors (Lipinski definition) is 1. The third-order valence-electron chi connectivity index (χ3n) is 4.46. The second kappa shape index (κ2) is 6.21.